The molecule has 0 unspecified atom stereocenters. The lowest BCUT2D eigenvalue weighted by Crippen LogP contribution is -2.34. The van der Waals surface area contributed by atoms with Crippen LogP contribution in [-0.2, 0) is 14.3 Å². The van der Waals surface area contributed by atoms with E-state index in [4.69, 9.17) is 15.2 Å². The Morgan fingerprint density at radius 3 is 2.31 bits per heavy atom. The van der Waals surface area contributed by atoms with Crippen LogP contribution >= 0.6 is 0 Å². The summed E-state index contributed by atoms with van der Waals surface area (Å²) < 4.78 is 10.4. The Labute approximate surface area is 170 Å². The molecule has 0 fully saturated rings. The zero-order chi connectivity index (χ0) is 20.6. The molecule has 3 N–H and O–H groups in total. The van der Waals surface area contributed by atoms with Crippen molar-refractivity contribution in [2.45, 2.75) is 24.8 Å². The molecular weight excluding hydrogens is 368 g/mol. The summed E-state index contributed by atoms with van der Waals surface area (Å²) in [6.45, 7) is 4.27. The van der Waals surface area contributed by atoms with E-state index in [9.17, 15) is 9.59 Å². The second-order valence-electron chi connectivity index (χ2n) is 6.92. The van der Waals surface area contributed by atoms with E-state index in [0.29, 0.717) is 19.4 Å². The zero-order valence-electron chi connectivity index (χ0n) is 16.3. The third-order valence-corrected chi connectivity index (χ3v) is 4.95. The maximum absolute atomic E-state index is 12.1. The van der Waals surface area contributed by atoms with Gasteiger partial charge in [-0.25, -0.2) is 4.79 Å². The van der Waals surface area contributed by atoms with Crippen LogP contribution in [0.3, 0.4) is 0 Å². The molecule has 0 heterocycles. The maximum atomic E-state index is 12.1. The van der Waals surface area contributed by atoms with Gasteiger partial charge in [0.05, 0.1) is 0 Å². The molecule has 2 aromatic carbocycles. The van der Waals surface area contributed by atoms with Gasteiger partial charge in [-0.3, -0.25) is 4.79 Å². The molecular formula is C23H26N2O4. The van der Waals surface area contributed by atoms with E-state index < -0.39 is 18.1 Å². The van der Waals surface area contributed by atoms with Gasteiger partial charge in [0.1, 0.15) is 19.3 Å². The van der Waals surface area contributed by atoms with Gasteiger partial charge < -0.3 is 20.5 Å². The fourth-order valence-electron chi connectivity index (χ4n) is 3.53. The summed E-state index contributed by atoms with van der Waals surface area (Å²) in [6, 6.07) is 15.7. The predicted octanol–water partition coefficient (Wildman–Crippen LogP) is 3.36. The number of hydrogen-bond donors (Lipinski definition) is 2. The number of carbonyl (C=O) groups excluding carboxylic acids is 2. The quantitative estimate of drug-likeness (QED) is 0.387. The first-order valence-electron chi connectivity index (χ1n) is 9.73. The van der Waals surface area contributed by atoms with E-state index in [2.05, 4.69) is 36.2 Å². The number of nitrogens with one attached hydrogen (secondary N) is 1. The summed E-state index contributed by atoms with van der Waals surface area (Å²) in [6.07, 6.45) is 1.98. The van der Waals surface area contributed by atoms with Gasteiger partial charge in [0.15, 0.2) is 0 Å². The number of amides is 1. The Bertz CT molecular complexity index is 835. The minimum atomic E-state index is -0.709. The van der Waals surface area contributed by atoms with Crippen LogP contribution in [0.4, 0.5) is 4.79 Å². The number of rotatable bonds is 9. The second kappa shape index (κ2) is 9.89. The molecule has 1 amide bonds. The topological polar surface area (TPSA) is 90.6 Å². The average molecular weight is 394 g/mol. The zero-order valence-corrected chi connectivity index (χ0v) is 16.3. The molecule has 6 heteroatoms. The fraction of sp³-hybridized carbons (Fsp3) is 0.304. The summed E-state index contributed by atoms with van der Waals surface area (Å²) >= 11 is 0. The highest BCUT2D eigenvalue weighted by Gasteiger charge is 2.28. The van der Waals surface area contributed by atoms with Crippen LogP contribution in [0, 0.1) is 0 Å². The van der Waals surface area contributed by atoms with Gasteiger partial charge in [-0.1, -0.05) is 61.2 Å². The van der Waals surface area contributed by atoms with Crippen molar-refractivity contribution in [3.63, 3.8) is 0 Å². The Morgan fingerprint density at radius 1 is 1.07 bits per heavy atom. The lowest BCUT2D eigenvalue weighted by molar-refractivity contribution is -0.144. The van der Waals surface area contributed by atoms with Crippen LogP contribution in [0.25, 0.3) is 11.1 Å². The second-order valence-corrected chi connectivity index (χ2v) is 6.92. The summed E-state index contributed by atoms with van der Waals surface area (Å²) in [4.78, 5) is 23.7. The van der Waals surface area contributed by atoms with Crippen molar-refractivity contribution in [2.75, 3.05) is 19.8 Å². The maximum Gasteiger partial charge on any atom is 0.407 e. The number of alkyl carbamates (subject to hydrolysis) is 1. The van der Waals surface area contributed by atoms with Gasteiger partial charge in [0.25, 0.3) is 0 Å². The van der Waals surface area contributed by atoms with Crippen molar-refractivity contribution in [1.29, 1.82) is 0 Å². The van der Waals surface area contributed by atoms with Crippen LogP contribution in [0.5, 0.6) is 0 Å². The molecule has 0 saturated carbocycles. The fourth-order valence-corrected chi connectivity index (χ4v) is 3.53. The molecule has 0 bridgehead atoms. The molecule has 0 aromatic heterocycles. The average Bonchev–Trinajstić information content (AvgIpc) is 3.07. The summed E-state index contributed by atoms with van der Waals surface area (Å²) in [5.74, 6) is -0.438. The molecule has 1 atom stereocenters. The van der Waals surface area contributed by atoms with Crippen LogP contribution in [0.1, 0.15) is 29.9 Å². The summed E-state index contributed by atoms with van der Waals surface area (Å²) in [5, 5.41) is 2.71. The molecule has 0 spiro atoms. The monoisotopic (exact) mass is 394 g/mol. The summed E-state index contributed by atoms with van der Waals surface area (Å²) in [5.41, 5.74) is 10.5. The first-order valence-corrected chi connectivity index (χ1v) is 9.73. The van der Waals surface area contributed by atoms with E-state index in [1.807, 2.05) is 24.3 Å². The summed E-state index contributed by atoms with van der Waals surface area (Å²) in [7, 11) is 0. The predicted molar refractivity (Wildman–Crippen MR) is 111 cm³/mol. The normalized spacial score (nSPS) is 13.1. The Morgan fingerprint density at radius 2 is 1.69 bits per heavy atom. The minimum absolute atomic E-state index is 0.0289. The Balaban J connectivity index is 1.44. The number of fused-ring (bicyclic) bond motifs is 3. The van der Waals surface area contributed by atoms with Gasteiger partial charge in [-0.05, 0) is 35.1 Å². The first-order chi connectivity index (χ1) is 14.1. The lowest BCUT2D eigenvalue weighted by Gasteiger charge is -2.15. The number of nitrogens with two attached hydrogens (primary N) is 1. The number of esters is 1. The molecule has 2 aromatic rings. The van der Waals surface area contributed by atoms with Gasteiger partial charge in [0, 0.05) is 12.5 Å². The van der Waals surface area contributed by atoms with Gasteiger partial charge in [-0.2, -0.15) is 0 Å². The smallest absolute Gasteiger partial charge is 0.407 e. The molecule has 1 aliphatic carbocycles. The van der Waals surface area contributed by atoms with Crippen molar-refractivity contribution >= 4 is 12.1 Å². The van der Waals surface area contributed by atoms with Gasteiger partial charge >= 0.3 is 12.1 Å². The molecule has 152 valence electrons. The van der Waals surface area contributed by atoms with E-state index in [1.165, 1.54) is 28.3 Å². The highest BCUT2D eigenvalue weighted by molar-refractivity contribution is 5.79. The Hall–Kier alpha value is -3.12. The van der Waals surface area contributed by atoms with E-state index in [1.54, 1.807) is 0 Å². The van der Waals surface area contributed by atoms with E-state index in [-0.39, 0.29) is 19.1 Å². The molecule has 0 saturated heterocycles. The van der Waals surface area contributed by atoms with E-state index in [0.717, 1.165) is 0 Å². The van der Waals surface area contributed by atoms with Crippen molar-refractivity contribution in [1.82, 2.24) is 5.32 Å². The molecule has 6 nitrogen and oxygen atoms in total. The van der Waals surface area contributed by atoms with Crippen LogP contribution in [0.15, 0.2) is 61.2 Å². The third kappa shape index (κ3) is 5.03. The SMILES string of the molecule is C=CCOC(=O)[C@@H](N)CCCNC(=O)OCC1c2ccccc2-c2ccccc21. The molecule has 3 rings (SSSR count). The highest BCUT2D eigenvalue weighted by atomic mass is 16.5. The minimum Gasteiger partial charge on any atom is -0.460 e. The first kappa shape index (κ1) is 20.6. The van der Waals surface area contributed by atoms with Crippen molar-refractivity contribution in [2.24, 2.45) is 5.73 Å². The van der Waals surface area contributed by atoms with Crippen LogP contribution in [0.2, 0.25) is 0 Å². The van der Waals surface area contributed by atoms with Gasteiger partial charge in [-0.15, -0.1) is 0 Å². The van der Waals surface area contributed by atoms with Crippen LogP contribution < -0.4 is 11.1 Å². The number of carbonyl (C=O) groups is 2. The standard InChI is InChI=1S/C23H26N2O4/c1-2-14-28-22(26)21(24)12-7-13-25-23(27)29-15-20-18-10-5-3-8-16(18)17-9-4-6-11-19(17)20/h2-6,8-11,20-21H,1,7,12-15,24H2,(H,25,27)/t21-/m0/s1. The molecule has 0 radical (unpaired) electrons. The Kier molecular flexibility index (Phi) is 7.03. The highest BCUT2D eigenvalue weighted by Crippen LogP contribution is 2.44. The largest absolute Gasteiger partial charge is 0.460 e. The lowest BCUT2D eigenvalue weighted by atomic mass is 9.98. The van der Waals surface area contributed by atoms with Crippen molar-refractivity contribution < 1.29 is 19.1 Å². The van der Waals surface area contributed by atoms with E-state index >= 15 is 0 Å². The molecule has 1 aliphatic rings. The molecule has 0 aliphatic heterocycles. The number of benzene rings is 2. The molecule has 29 heavy (non-hydrogen) atoms. The van der Waals surface area contributed by atoms with Crippen LogP contribution in [-0.4, -0.2) is 37.9 Å². The number of hydrogen-bond acceptors (Lipinski definition) is 5. The van der Waals surface area contributed by atoms with Crippen molar-refractivity contribution in [3.05, 3.63) is 72.3 Å². The third-order valence-electron chi connectivity index (χ3n) is 4.95. The van der Waals surface area contributed by atoms with Crippen molar-refractivity contribution in [3.8, 4) is 11.1 Å². The number of ether oxygens (including phenoxy) is 2. The van der Waals surface area contributed by atoms with Gasteiger partial charge in [0.2, 0.25) is 0 Å².